The van der Waals surface area contributed by atoms with E-state index in [9.17, 15) is 13.2 Å². The first-order valence-electron chi connectivity index (χ1n) is 9.14. The van der Waals surface area contributed by atoms with E-state index in [0.29, 0.717) is 37.2 Å². The van der Waals surface area contributed by atoms with Gasteiger partial charge in [0.05, 0.1) is 23.9 Å². The van der Waals surface area contributed by atoms with Crippen molar-refractivity contribution >= 4 is 15.7 Å². The molecule has 2 aliphatic rings. The summed E-state index contributed by atoms with van der Waals surface area (Å²) in [5.74, 6) is 1.15. The highest BCUT2D eigenvalue weighted by Gasteiger charge is 2.20. The fourth-order valence-corrected chi connectivity index (χ4v) is 4.40. The summed E-state index contributed by atoms with van der Waals surface area (Å²) in [5.41, 5.74) is 0. The zero-order valence-corrected chi connectivity index (χ0v) is 15.6. The van der Waals surface area contributed by atoms with Crippen LogP contribution < -0.4 is 20.1 Å². The molecule has 0 radical (unpaired) electrons. The molecule has 0 saturated carbocycles. The lowest BCUT2D eigenvalue weighted by Gasteiger charge is -2.11. The van der Waals surface area contributed by atoms with E-state index in [4.69, 9.17) is 9.47 Å². The Kier molecular flexibility index (Phi) is 6.37. The molecule has 0 aromatic heterocycles. The SMILES string of the molecule is O=C(CCS(=O)(=O)c1ccc2c(c1)OCCCO2)NCCC1CCNC1. The fraction of sp³-hybridized carbons (Fsp3) is 0.611. The Morgan fingerprint density at radius 2 is 2.04 bits per heavy atom. The van der Waals surface area contributed by atoms with Gasteiger partial charge in [-0.1, -0.05) is 0 Å². The highest BCUT2D eigenvalue weighted by Crippen LogP contribution is 2.32. The number of hydrogen-bond donors (Lipinski definition) is 2. The second-order valence-electron chi connectivity index (χ2n) is 6.73. The Bertz CT molecular complexity index is 729. The zero-order chi connectivity index (χ0) is 18.4. The van der Waals surface area contributed by atoms with E-state index in [2.05, 4.69) is 10.6 Å². The molecular formula is C18H26N2O5S. The molecule has 0 spiro atoms. The molecule has 2 aliphatic heterocycles. The van der Waals surface area contributed by atoms with Crippen LogP contribution in [0.4, 0.5) is 0 Å². The van der Waals surface area contributed by atoms with Gasteiger partial charge in [0, 0.05) is 25.5 Å². The van der Waals surface area contributed by atoms with E-state index in [1.54, 1.807) is 6.07 Å². The van der Waals surface area contributed by atoms with Gasteiger partial charge in [-0.05, 0) is 44.0 Å². The lowest BCUT2D eigenvalue weighted by atomic mass is 10.1. The van der Waals surface area contributed by atoms with Crippen LogP contribution >= 0.6 is 0 Å². The molecule has 8 heteroatoms. The van der Waals surface area contributed by atoms with E-state index in [1.165, 1.54) is 12.1 Å². The van der Waals surface area contributed by atoms with Crippen LogP contribution in [0.1, 0.15) is 25.7 Å². The number of benzene rings is 1. The number of sulfone groups is 1. The van der Waals surface area contributed by atoms with Gasteiger partial charge in [-0.3, -0.25) is 4.79 Å². The van der Waals surface area contributed by atoms with Crippen molar-refractivity contribution in [3.05, 3.63) is 18.2 Å². The van der Waals surface area contributed by atoms with Crippen LogP contribution in [0, 0.1) is 5.92 Å². The lowest BCUT2D eigenvalue weighted by Crippen LogP contribution is -2.28. The second-order valence-corrected chi connectivity index (χ2v) is 8.83. The fourth-order valence-electron chi connectivity index (χ4n) is 3.15. The Hall–Kier alpha value is -1.80. The Labute approximate surface area is 154 Å². The van der Waals surface area contributed by atoms with Gasteiger partial charge >= 0.3 is 0 Å². The minimum atomic E-state index is -3.55. The summed E-state index contributed by atoms with van der Waals surface area (Å²) in [4.78, 5) is 12.1. The van der Waals surface area contributed by atoms with E-state index in [0.717, 1.165) is 32.4 Å². The van der Waals surface area contributed by atoms with Crippen molar-refractivity contribution in [3.63, 3.8) is 0 Å². The highest BCUT2D eigenvalue weighted by atomic mass is 32.2. The molecule has 26 heavy (non-hydrogen) atoms. The molecule has 0 bridgehead atoms. The maximum Gasteiger partial charge on any atom is 0.221 e. The van der Waals surface area contributed by atoms with E-state index >= 15 is 0 Å². The van der Waals surface area contributed by atoms with E-state index < -0.39 is 9.84 Å². The normalized spacial score (nSPS) is 19.8. The molecule has 1 unspecified atom stereocenters. The van der Waals surface area contributed by atoms with Crippen LogP contribution in [0.25, 0.3) is 0 Å². The molecule has 3 rings (SSSR count). The van der Waals surface area contributed by atoms with E-state index in [1.807, 2.05) is 0 Å². The van der Waals surface area contributed by atoms with Crippen molar-refractivity contribution in [2.24, 2.45) is 5.92 Å². The largest absolute Gasteiger partial charge is 0.490 e. The number of ether oxygens (including phenoxy) is 2. The minimum absolute atomic E-state index is 0.0420. The van der Waals surface area contributed by atoms with Gasteiger partial charge in [0.2, 0.25) is 5.91 Å². The number of nitrogens with one attached hydrogen (secondary N) is 2. The molecule has 1 atom stereocenters. The smallest absolute Gasteiger partial charge is 0.221 e. The zero-order valence-electron chi connectivity index (χ0n) is 14.8. The van der Waals surface area contributed by atoms with Crippen molar-refractivity contribution in [2.75, 3.05) is 38.6 Å². The molecule has 1 amide bonds. The Morgan fingerprint density at radius 1 is 1.23 bits per heavy atom. The third-order valence-corrected chi connectivity index (χ3v) is 6.43. The maximum absolute atomic E-state index is 12.5. The Morgan fingerprint density at radius 3 is 2.81 bits per heavy atom. The number of carbonyl (C=O) groups excluding carboxylic acids is 1. The first-order chi connectivity index (χ1) is 12.5. The molecule has 1 fully saturated rings. The number of fused-ring (bicyclic) bond motifs is 1. The molecule has 144 valence electrons. The van der Waals surface area contributed by atoms with Crippen LogP contribution in [0.5, 0.6) is 11.5 Å². The van der Waals surface area contributed by atoms with Gasteiger partial charge in [-0.25, -0.2) is 8.42 Å². The van der Waals surface area contributed by atoms with Crippen molar-refractivity contribution in [1.29, 1.82) is 0 Å². The summed E-state index contributed by atoms with van der Waals surface area (Å²) in [7, 11) is -3.55. The molecule has 1 aromatic carbocycles. The first kappa shape index (κ1) is 19.0. The Balaban J connectivity index is 1.50. The predicted octanol–water partition coefficient (Wildman–Crippen LogP) is 1.13. The average molecular weight is 382 g/mol. The average Bonchev–Trinajstić information content (AvgIpc) is 3.03. The standard InChI is InChI=1S/C18H26N2O5S/c21-18(20-8-5-14-4-7-19-13-14)6-11-26(22,23)15-2-3-16-17(12-15)25-10-1-9-24-16/h2-3,12,14,19H,1,4-11,13H2,(H,20,21). The highest BCUT2D eigenvalue weighted by molar-refractivity contribution is 7.91. The van der Waals surface area contributed by atoms with Crippen molar-refractivity contribution < 1.29 is 22.7 Å². The van der Waals surface area contributed by atoms with Crippen molar-refractivity contribution in [2.45, 2.75) is 30.6 Å². The quantitative estimate of drug-likeness (QED) is 0.734. The predicted molar refractivity (Wildman–Crippen MR) is 97.3 cm³/mol. The molecule has 2 heterocycles. The number of carbonyl (C=O) groups is 1. The molecule has 2 N–H and O–H groups in total. The molecule has 1 aromatic rings. The van der Waals surface area contributed by atoms with Crippen LogP contribution in [0.15, 0.2) is 23.1 Å². The summed E-state index contributed by atoms with van der Waals surface area (Å²) in [6.45, 7) is 3.67. The van der Waals surface area contributed by atoms with E-state index in [-0.39, 0.29) is 23.0 Å². The minimum Gasteiger partial charge on any atom is -0.490 e. The van der Waals surface area contributed by atoms with Gasteiger partial charge in [0.25, 0.3) is 0 Å². The maximum atomic E-state index is 12.5. The van der Waals surface area contributed by atoms with Gasteiger partial charge in [-0.15, -0.1) is 0 Å². The van der Waals surface area contributed by atoms with Crippen molar-refractivity contribution in [3.8, 4) is 11.5 Å². The summed E-state index contributed by atoms with van der Waals surface area (Å²) >= 11 is 0. The van der Waals surface area contributed by atoms with Gasteiger partial charge in [0.15, 0.2) is 21.3 Å². The molecule has 0 aliphatic carbocycles. The third-order valence-electron chi connectivity index (χ3n) is 4.71. The summed E-state index contributed by atoms with van der Waals surface area (Å²) in [5, 5.41) is 6.10. The van der Waals surface area contributed by atoms with Crippen LogP contribution in [0.3, 0.4) is 0 Å². The summed E-state index contributed by atoms with van der Waals surface area (Å²) in [6, 6.07) is 4.61. The lowest BCUT2D eigenvalue weighted by molar-refractivity contribution is -0.120. The topological polar surface area (TPSA) is 93.7 Å². The van der Waals surface area contributed by atoms with Gasteiger partial charge in [-0.2, -0.15) is 0 Å². The summed E-state index contributed by atoms with van der Waals surface area (Å²) < 4.78 is 36.1. The van der Waals surface area contributed by atoms with Gasteiger partial charge < -0.3 is 20.1 Å². The monoisotopic (exact) mass is 382 g/mol. The van der Waals surface area contributed by atoms with Crippen LogP contribution in [0.2, 0.25) is 0 Å². The molecular weight excluding hydrogens is 356 g/mol. The summed E-state index contributed by atoms with van der Waals surface area (Å²) in [6.07, 6.45) is 2.77. The van der Waals surface area contributed by atoms with Crippen molar-refractivity contribution in [1.82, 2.24) is 10.6 Å². The third kappa shape index (κ3) is 5.11. The van der Waals surface area contributed by atoms with Crippen LogP contribution in [-0.4, -0.2) is 52.9 Å². The number of rotatable bonds is 7. The number of hydrogen-bond acceptors (Lipinski definition) is 6. The van der Waals surface area contributed by atoms with Gasteiger partial charge in [0.1, 0.15) is 0 Å². The molecule has 1 saturated heterocycles. The first-order valence-corrected chi connectivity index (χ1v) is 10.8. The number of amides is 1. The second kappa shape index (κ2) is 8.73. The molecule has 7 nitrogen and oxygen atoms in total. The van der Waals surface area contributed by atoms with Crippen LogP contribution in [-0.2, 0) is 14.6 Å².